The standard InChI is InChI=1S/C23H28N4O5S/c24-22(28)17-4-6-18(7-5-17)25-23(29)20-16-19(33(30,31)27-12-14-32-15-13-27)8-9-21(20)26-10-2-1-3-11-26/h4-9,16H,1-3,10-15H2,(H2,24,28)(H,25,29). The highest BCUT2D eigenvalue weighted by molar-refractivity contribution is 7.89. The number of hydrogen-bond donors (Lipinski definition) is 2. The second-order valence-electron chi connectivity index (χ2n) is 8.14. The number of carbonyl (C=O) groups is 2. The van der Waals surface area contributed by atoms with Gasteiger partial charge in [-0.15, -0.1) is 0 Å². The summed E-state index contributed by atoms with van der Waals surface area (Å²) in [5.74, 6) is -0.970. The Bertz CT molecular complexity index is 1120. The lowest BCUT2D eigenvalue weighted by Gasteiger charge is -2.31. The number of amides is 2. The summed E-state index contributed by atoms with van der Waals surface area (Å²) in [5, 5.41) is 2.82. The Balaban J connectivity index is 1.67. The van der Waals surface area contributed by atoms with E-state index in [-0.39, 0.29) is 18.0 Å². The van der Waals surface area contributed by atoms with E-state index in [2.05, 4.69) is 10.2 Å². The van der Waals surface area contributed by atoms with Gasteiger partial charge in [0.1, 0.15) is 0 Å². The number of nitrogens with zero attached hydrogens (tertiary/aromatic N) is 2. The van der Waals surface area contributed by atoms with Gasteiger partial charge in [0.2, 0.25) is 15.9 Å². The Morgan fingerprint density at radius 2 is 1.58 bits per heavy atom. The zero-order valence-electron chi connectivity index (χ0n) is 18.3. The topological polar surface area (TPSA) is 122 Å². The molecule has 0 atom stereocenters. The van der Waals surface area contributed by atoms with Crippen LogP contribution in [0.25, 0.3) is 0 Å². The van der Waals surface area contributed by atoms with Crippen molar-refractivity contribution in [1.29, 1.82) is 0 Å². The van der Waals surface area contributed by atoms with Crippen LogP contribution in [-0.2, 0) is 14.8 Å². The van der Waals surface area contributed by atoms with Crippen LogP contribution in [0.1, 0.15) is 40.0 Å². The number of ether oxygens (including phenoxy) is 1. The summed E-state index contributed by atoms with van der Waals surface area (Å²) < 4.78 is 33.0. The van der Waals surface area contributed by atoms with Crippen LogP contribution >= 0.6 is 0 Å². The molecule has 0 bridgehead atoms. The molecule has 2 aliphatic heterocycles. The zero-order chi connectivity index (χ0) is 23.4. The second kappa shape index (κ2) is 9.90. The maximum absolute atomic E-state index is 13.3. The van der Waals surface area contributed by atoms with E-state index in [9.17, 15) is 18.0 Å². The number of carbonyl (C=O) groups excluding carboxylic acids is 2. The van der Waals surface area contributed by atoms with Crippen molar-refractivity contribution in [2.45, 2.75) is 24.2 Å². The van der Waals surface area contributed by atoms with Crippen LogP contribution in [0, 0.1) is 0 Å². The van der Waals surface area contributed by atoms with Crippen LogP contribution in [0.4, 0.5) is 11.4 Å². The van der Waals surface area contributed by atoms with Gasteiger partial charge in [-0.1, -0.05) is 0 Å². The Morgan fingerprint density at radius 1 is 0.909 bits per heavy atom. The molecule has 2 saturated heterocycles. The molecule has 3 N–H and O–H groups in total. The van der Waals surface area contributed by atoms with E-state index in [4.69, 9.17) is 10.5 Å². The smallest absolute Gasteiger partial charge is 0.257 e. The highest BCUT2D eigenvalue weighted by atomic mass is 32.2. The van der Waals surface area contributed by atoms with Crippen molar-refractivity contribution in [3.63, 3.8) is 0 Å². The number of anilines is 2. The van der Waals surface area contributed by atoms with Gasteiger partial charge in [0.05, 0.1) is 23.7 Å². The van der Waals surface area contributed by atoms with Crippen molar-refractivity contribution in [3.8, 4) is 0 Å². The van der Waals surface area contributed by atoms with E-state index >= 15 is 0 Å². The molecule has 0 spiro atoms. The van der Waals surface area contributed by atoms with E-state index in [1.807, 2.05) is 0 Å². The maximum atomic E-state index is 13.3. The summed E-state index contributed by atoms with van der Waals surface area (Å²) in [7, 11) is -3.75. The molecule has 0 aromatic heterocycles. The average molecular weight is 473 g/mol. The van der Waals surface area contributed by atoms with Gasteiger partial charge >= 0.3 is 0 Å². The number of piperidine rings is 1. The lowest BCUT2D eigenvalue weighted by atomic mass is 10.1. The van der Waals surface area contributed by atoms with E-state index in [0.717, 1.165) is 32.4 Å². The number of hydrogen-bond acceptors (Lipinski definition) is 6. The lowest BCUT2D eigenvalue weighted by molar-refractivity contribution is 0.0730. The van der Waals surface area contributed by atoms with Crippen molar-refractivity contribution >= 4 is 33.2 Å². The molecule has 9 nitrogen and oxygen atoms in total. The molecule has 2 amide bonds. The monoisotopic (exact) mass is 472 g/mol. The summed E-state index contributed by atoms with van der Waals surface area (Å²) >= 11 is 0. The average Bonchev–Trinajstić information content (AvgIpc) is 2.85. The first-order valence-electron chi connectivity index (χ1n) is 11.0. The summed E-state index contributed by atoms with van der Waals surface area (Å²) in [5.41, 5.74) is 7.10. The number of benzene rings is 2. The molecule has 0 radical (unpaired) electrons. The first-order chi connectivity index (χ1) is 15.9. The predicted molar refractivity (Wildman–Crippen MR) is 125 cm³/mol. The Hall–Kier alpha value is -2.95. The number of nitrogens with two attached hydrogens (primary N) is 1. The zero-order valence-corrected chi connectivity index (χ0v) is 19.1. The molecule has 2 aliphatic rings. The maximum Gasteiger partial charge on any atom is 0.257 e. The molecule has 0 aliphatic carbocycles. The van der Waals surface area contributed by atoms with E-state index in [1.165, 1.54) is 22.5 Å². The van der Waals surface area contributed by atoms with Crippen LogP contribution < -0.4 is 16.0 Å². The van der Waals surface area contributed by atoms with Gasteiger partial charge in [-0.05, 0) is 61.7 Å². The third-order valence-electron chi connectivity index (χ3n) is 5.94. The van der Waals surface area contributed by atoms with Gasteiger partial charge in [0, 0.05) is 43.1 Å². The van der Waals surface area contributed by atoms with Gasteiger partial charge in [-0.25, -0.2) is 8.42 Å². The van der Waals surface area contributed by atoms with Crippen molar-refractivity contribution in [1.82, 2.24) is 4.31 Å². The Kier molecular flexibility index (Phi) is 6.96. The minimum absolute atomic E-state index is 0.0828. The fourth-order valence-electron chi connectivity index (χ4n) is 4.12. The first-order valence-corrected chi connectivity index (χ1v) is 12.5. The van der Waals surface area contributed by atoms with Crippen LogP contribution in [0.15, 0.2) is 47.4 Å². The molecule has 10 heteroatoms. The SMILES string of the molecule is NC(=O)c1ccc(NC(=O)c2cc(S(=O)(=O)N3CCOCC3)ccc2N2CCCCC2)cc1. The number of sulfonamides is 1. The summed E-state index contributed by atoms with van der Waals surface area (Å²) in [4.78, 5) is 26.8. The fourth-order valence-corrected chi connectivity index (χ4v) is 5.56. The van der Waals surface area contributed by atoms with Gasteiger partial charge in [-0.3, -0.25) is 9.59 Å². The summed E-state index contributed by atoms with van der Waals surface area (Å²) in [6.07, 6.45) is 3.17. The third kappa shape index (κ3) is 5.18. The Labute approximate surface area is 193 Å². The van der Waals surface area contributed by atoms with Crippen LogP contribution in [0.2, 0.25) is 0 Å². The number of morpholine rings is 1. The molecule has 0 saturated carbocycles. The van der Waals surface area contributed by atoms with Crippen LogP contribution in [0.5, 0.6) is 0 Å². The van der Waals surface area contributed by atoms with Gasteiger partial charge in [0.15, 0.2) is 0 Å². The molecule has 176 valence electrons. The van der Waals surface area contributed by atoms with Gasteiger partial charge in [-0.2, -0.15) is 4.31 Å². The predicted octanol–water partition coefficient (Wildman–Crippen LogP) is 2.05. The minimum atomic E-state index is -3.75. The van der Waals surface area contributed by atoms with E-state index < -0.39 is 21.8 Å². The highest BCUT2D eigenvalue weighted by Gasteiger charge is 2.29. The first kappa shape index (κ1) is 23.2. The quantitative estimate of drug-likeness (QED) is 0.664. The Morgan fingerprint density at radius 3 is 2.21 bits per heavy atom. The number of primary amides is 1. The molecule has 4 rings (SSSR count). The van der Waals surface area contributed by atoms with E-state index in [1.54, 1.807) is 24.3 Å². The van der Waals surface area contributed by atoms with E-state index in [0.29, 0.717) is 35.7 Å². The van der Waals surface area contributed by atoms with Gasteiger partial charge < -0.3 is 20.7 Å². The molecule has 2 aromatic carbocycles. The fraction of sp³-hybridized carbons (Fsp3) is 0.391. The molecule has 2 heterocycles. The second-order valence-corrected chi connectivity index (χ2v) is 10.1. The van der Waals surface area contributed by atoms with Crippen molar-refractivity contribution < 1.29 is 22.7 Å². The number of nitrogens with one attached hydrogen (secondary N) is 1. The molecular formula is C23H28N4O5S. The minimum Gasteiger partial charge on any atom is -0.379 e. The summed E-state index contributed by atoms with van der Waals surface area (Å²) in [6, 6.07) is 11.0. The highest BCUT2D eigenvalue weighted by Crippen LogP contribution is 2.29. The largest absolute Gasteiger partial charge is 0.379 e. The number of rotatable bonds is 6. The molecule has 0 unspecified atom stereocenters. The summed E-state index contributed by atoms with van der Waals surface area (Å²) in [6.45, 7) is 2.87. The van der Waals surface area contributed by atoms with Crippen molar-refractivity contribution in [2.24, 2.45) is 5.73 Å². The molecular weight excluding hydrogens is 444 g/mol. The normalized spacial score (nSPS) is 17.5. The molecule has 2 fully saturated rings. The third-order valence-corrected chi connectivity index (χ3v) is 7.84. The van der Waals surface area contributed by atoms with Crippen molar-refractivity contribution in [3.05, 3.63) is 53.6 Å². The molecule has 2 aromatic rings. The van der Waals surface area contributed by atoms with Crippen LogP contribution in [0.3, 0.4) is 0 Å². The van der Waals surface area contributed by atoms with Gasteiger partial charge in [0.25, 0.3) is 5.91 Å². The van der Waals surface area contributed by atoms with Crippen LogP contribution in [-0.4, -0.2) is 63.9 Å². The molecule has 33 heavy (non-hydrogen) atoms. The lowest BCUT2D eigenvalue weighted by Crippen LogP contribution is -2.40. The van der Waals surface area contributed by atoms with Crippen molar-refractivity contribution in [2.75, 3.05) is 49.6 Å².